The van der Waals surface area contributed by atoms with E-state index in [4.69, 9.17) is 10.5 Å². The number of ether oxygens (including phenoxy) is 1. The number of rotatable bonds is 2. The second-order valence-electron chi connectivity index (χ2n) is 4.56. The molecule has 1 aliphatic heterocycles. The minimum Gasteiger partial charge on any atom is -0.399 e. The molecule has 1 fully saturated rings. The summed E-state index contributed by atoms with van der Waals surface area (Å²) in [5, 5.41) is 12.0. The molecule has 2 aromatic rings. The fourth-order valence-corrected chi connectivity index (χ4v) is 2.67. The summed E-state index contributed by atoms with van der Waals surface area (Å²) in [6.45, 7) is 1.47. The van der Waals surface area contributed by atoms with Crippen molar-refractivity contribution in [2.24, 2.45) is 0 Å². The molecule has 3 rings (SSSR count). The third-order valence-corrected chi connectivity index (χ3v) is 3.90. The van der Waals surface area contributed by atoms with Crippen LogP contribution >= 0.6 is 15.9 Å². The molecule has 1 atom stereocenters. The average Bonchev–Trinajstić information content (AvgIpc) is 2.91. The van der Waals surface area contributed by atoms with Crippen LogP contribution in [-0.2, 0) is 4.74 Å². The van der Waals surface area contributed by atoms with E-state index in [9.17, 15) is 0 Å². The normalized spacial score (nSPS) is 19.5. The van der Waals surface area contributed by atoms with Crippen LogP contribution in [0.2, 0.25) is 0 Å². The molecule has 1 aromatic carbocycles. The Balaban J connectivity index is 2.01. The topological polar surface area (TPSA) is 78.9 Å². The van der Waals surface area contributed by atoms with Crippen molar-refractivity contribution in [1.29, 1.82) is 0 Å². The van der Waals surface area contributed by atoms with Gasteiger partial charge >= 0.3 is 0 Å². The van der Waals surface area contributed by atoms with Gasteiger partial charge in [0.05, 0.1) is 12.6 Å². The van der Waals surface area contributed by atoms with Crippen molar-refractivity contribution < 1.29 is 4.74 Å². The molecule has 1 unspecified atom stereocenters. The van der Waals surface area contributed by atoms with Crippen LogP contribution in [0.4, 0.5) is 5.69 Å². The molecule has 0 radical (unpaired) electrons. The molecule has 0 aliphatic carbocycles. The Morgan fingerprint density at radius 3 is 3.11 bits per heavy atom. The minimum atomic E-state index is 0.187. The van der Waals surface area contributed by atoms with E-state index < -0.39 is 0 Å². The zero-order chi connectivity index (χ0) is 13.2. The fourth-order valence-electron chi connectivity index (χ4n) is 2.25. The molecule has 19 heavy (non-hydrogen) atoms. The molecule has 1 aliphatic rings. The number of aromatic nitrogens is 4. The first-order chi connectivity index (χ1) is 9.25. The number of nitrogens with two attached hydrogens (primary N) is 1. The summed E-state index contributed by atoms with van der Waals surface area (Å²) < 4.78 is 8.26. The van der Waals surface area contributed by atoms with Crippen LogP contribution in [0.5, 0.6) is 0 Å². The van der Waals surface area contributed by atoms with Gasteiger partial charge in [-0.25, -0.2) is 4.68 Å². The Kier molecular flexibility index (Phi) is 3.48. The van der Waals surface area contributed by atoms with Gasteiger partial charge in [0.2, 0.25) is 0 Å². The van der Waals surface area contributed by atoms with Crippen LogP contribution in [0, 0.1) is 0 Å². The van der Waals surface area contributed by atoms with Gasteiger partial charge in [-0.05, 0) is 41.5 Å². The van der Waals surface area contributed by atoms with E-state index in [0.717, 1.165) is 35.3 Å². The number of hydrogen-bond donors (Lipinski definition) is 1. The first kappa shape index (κ1) is 12.6. The summed E-state index contributed by atoms with van der Waals surface area (Å²) in [5.41, 5.74) is 7.43. The average molecular weight is 324 g/mol. The van der Waals surface area contributed by atoms with Crippen molar-refractivity contribution in [3.8, 4) is 11.4 Å². The van der Waals surface area contributed by atoms with Crippen LogP contribution in [0.15, 0.2) is 22.7 Å². The van der Waals surface area contributed by atoms with E-state index in [1.54, 1.807) is 0 Å². The predicted molar refractivity (Wildman–Crippen MR) is 74.5 cm³/mol. The predicted octanol–water partition coefficient (Wildman–Crippen LogP) is 2.04. The third-order valence-electron chi connectivity index (χ3n) is 3.21. The lowest BCUT2D eigenvalue weighted by Gasteiger charge is -2.22. The first-order valence-corrected chi connectivity index (χ1v) is 6.96. The molecule has 6 nitrogen and oxygen atoms in total. The number of nitrogen functional groups attached to an aromatic ring is 1. The summed E-state index contributed by atoms with van der Waals surface area (Å²) in [6.07, 6.45) is 2.06. The molecule has 0 spiro atoms. The summed E-state index contributed by atoms with van der Waals surface area (Å²) in [7, 11) is 0. The van der Waals surface area contributed by atoms with Gasteiger partial charge in [0.25, 0.3) is 0 Å². The summed E-state index contributed by atoms with van der Waals surface area (Å²) in [5.74, 6) is 0.717. The summed E-state index contributed by atoms with van der Waals surface area (Å²) in [6, 6.07) is 5.80. The van der Waals surface area contributed by atoms with Gasteiger partial charge in [0, 0.05) is 22.3 Å². The maximum absolute atomic E-state index is 5.84. The zero-order valence-electron chi connectivity index (χ0n) is 10.3. The van der Waals surface area contributed by atoms with Gasteiger partial charge in [0.1, 0.15) is 0 Å². The highest BCUT2D eigenvalue weighted by Crippen LogP contribution is 2.31. The molecular weight excluding hydrogens is 310 g/mol. The molecule has 2 heterocycles. The van der Waals surface area contributed by atoms with Crippen molar-refractivity contribution in [2.45, 2.75) is 18.9 Å². The van der Waals surface area contributed by atoms with Crippen molar-refractivity contribution in [1.82, 2.24) is 20.2 Å². The van der Waals surface area contributed by atoms with Crippen LogP contribution in [0.25, 0.3) is 11.4 Å². The largest absolute Gasteiger partial charge is 0.399 e. The summed E-state index contributed by atoms with van der Waals surface area (Å²) in [4.78, 5) is 0. The number of anilines is 1. The van der Waals surface area contributed by atoms with Gasteiger partial charge < -0.3 is 10.5 Å². The van der Waals surface area contributed by atoms with E-state index in [-0.39, 0.29) is 6.04 Å². The SMILES string of the molecule is Nc1ccc(Br)c(-c2nnnn2C2CCCOC2)c1. The van der Waals surface area contributed by atoms with Gasteiger partial charge in [-0.1, -0.05) is 15.9 Å². The Labute approximate surface area is 119 Å². The van der Waals surface area contributed by atoms with Gasteiger partial charge in [-0.15, -0.1) is 5.10 Å². The highest BCUT2D eigenvalue weighted by molar-refractivity contribution is 9.10. The Hall–Kier alpha value is -1.47. The number of halogens is 1. The quantitative estimate of drug-likeness (QED) is 0.855. The monoisotopic (exact) mass is 323 g/mol. The molecule has 2 N–H and O–H groups in total. The van der Waals surface area contributed by atoms with Crippen molar-refractivity contribution in [2.75, 3.05) is 18.9 Å². The lowest BCUT2D eigenvalue weighted by Crippen LogP contribution is -2.23. The standard InChI is InChI=1S/C12H14BrN5O/c13-11-4-3-8(14)6-10(11)12-15-16-17-18(12)9-2-1-5-19-7-9/h3-4,6,9H,1-2,5,7,14H2. The van der Waals surface area contributed by atoms with Crippen LogP contribution in [0.1, 0.15) is 18.9 Å². The Bertz CT molecular complexity index is 579. The van der Waals surface area contributed by atoms with Crippen LogP contribution < -0.4 is 5.73 Å². The maximum Gasteiger partial charge on any atom is 0.183 e. The smallest absolute Gasteiger partial charge is 0.183 e. The van der Waals surface area contributed by atoms with E-state index in [0.29, 0.717) is 12.3 Å². The lowest BCUT2D eigenvalue weighted by atomic mass is 10.1. The number of nitrogens with zero attached hydrogens (tertiary/aromatic N) is 4. The lowest BCUT2D eigenvalue weighted by molar-refractivity contribution is 0.0548. The molecule has 7 heteroatoms. The van der Waals surface area contributed by atoms with Gasteiger partial charge in [-0.3, -0.25) is 0 Å². The molecule has 0 saturated carbocycles. The van der Waals surface area contributed by atoms with Gasteiger partial charge in [0.15, 0.2) is 5.82 Å². The van der Waals surface area contributed by atoms with E-state index in [2.05, 4.69) is 31.5 Å². The van der Waals surface area contributed by atoms with Crippen molar-refractivity contribution in [3.63, 3.8) is 0 Å². The van der Waals surface area contributed by atoms with Gasteiger partial charge in [-0.2, -0.15) is 0 Å². The second-order valence-corrected chi connectivity index (χ2v) is 5.41. The first-order valence-electron chi connectivity index (χ1n) is 6.16. The van der Waals surface area contributed by atoms with E-state index in [1.807, 2.05) is 22.9 Å². The second kappa shape index (κ2) is 5.26. The molecule has 100 valence electrons. The Morgan fingerprint density at radius 1 is 1.42 bits per heavy atom. The maximum atomic E-state index is 5.84. The van der Waals surface area contributed by atoms with E-state index in [1.165, 1.54) is 0 Å². The van der Waals surface area contributed by atoms with E-state index >= 15 is 0 Å². The Morgan fingerprint density at radius 2 is 2.32 bits per heavy atom. The highest BCUT2D eigenvalue weighted by atomic mass is 79.9. The third kappa shape index (κ3) is 2.48. The molecule has 1 aromatic heterocycles. The summed E-state index contributed by atoms with van der Waals surface area (Å²) >= 11 is 3.51. The molecule has 1 saturated heterocycles. The van der Waals surface area contributed by atoms with Crippen molar-refractivity contribution >= 4 is 21.6 Å². The fraction of sp³-hybridized carbons (Fsp3) is 0.417. The minimum absolute atomic E-state index is 0.187. The number of hydrogen-bond acceptors (Lipinski definition) is 5. The van der Waals surface area contributed by atoms with Crippen LogP contribution in [0.3, 0.4) is 0 Å². The zero-order valence-corrected chi connectivity index (χ0v) is 11.9. The number of tetrazole rings is 1. The molecular formula is C12H14BrN5O. The number of benzene rings is 1. The molecule has 0 amide bonds. The van der Waals surface area contributed by atoms with Crippen LogP contribution in [-0.4, -0.2) is 33.4 Å². The molecule has 0 bridgehead atoms. The highest BCUT2D eigenvalue weighted by Gasteiger charge is 2.22. The van der Waals surface area contributed by atoms with Crippen molar-refractivity contribution in [3.05, 3.63) is 22.7 Å².